The van der Waals surface area contributed by atoms with Gasteiger partial charge in [0, 0.05) is 12.8 Å². The molecule has 3 aliphatic rings. The van der Waals surface area contributed by atoms with Gasteiger partial charge in [0.15, 0.2) is 6.10 Å². The van der Waals surface area contributed by atoms with Crippen LogP contribution < -0.4 is 0 Å². The second-order valence-corrected chi connectivity index (χ2v) is 9.59. The zero-order valence-electron chi connectivity index (χ0n) is 17.3. The van der Waals surface area contributed by atoms with Crippen LogP contribution in [0.1, 0.15) is 76.7 Å². The first-order valence-corrected chi connectivity index (χ1v) is 11.1. The van der Waals surface area contributed by atoms with Crippen molar-refractivity contribution in [3.8, 4) is 0 Å². The molecule has 3 heteroatoms. The zero-order chi connectivity index (χ0) is 19.0. The molecule has 3 nitrogen and oxygen atoms in total. The number of piperidine rings is 1. The Balaban J connectivity index is 1.50. The number of ether oxygens (including phenoxy) is 1. The maximum absolute atomic E-state index is 13.3. The number of fused-ring (bicyclic) bond motifs is 2. The summed E-state index contributed by atoms with van der Waals surface area (Å²) >= 11 is 0. The molecule has 0 radical (unpaired) electrons. The zero-order valence-corrected chi connectivity index (χ0v) is 17.3. The molecule has 0 aromatic heterocycles. The Hall–Kier alpha value is -1.35. The fraction of sp³-hybridized carbons (Fsp3) is 0.708. The van der Waals surface area contributed by atoms with Crippen LogP contribution in [-0.4, -0.2) is 41.7 Å². The molecule has 2 aliphatic heterocycles. The lowest BCUT2D eigenvalue weighted by atomic mass is 9.75. The van der Waals surface area contributed by atoms with Crippen molar-refractivity contribution >= 4 is 5.97 Å². The van der Waals surface area contributed by atoms with Crippen LogP contribution in [0.2, 0.25) is 0 Å². The first kappa shape index (κ1) is 19.0. The number of benzene rings is 1. The van der Waals surface area contributed by atoms with Gasteiger partial charge >= 0.3 is 5.97 Å². The molecule has 1 aromatic rings. The van der Waals surface area contributed by atoms with Gasteiger partial charge in [-0.1, -0.05) is 43.2 Å². The Morgan fingerprint density at radius 2 is 1.78 bits per heavy atom. The van der Waals surface area contributed by atoms with Crippen LogP contribution in [0.5, 0.6) is 0 Å². The number of hydrogen-bond acceptors (Lipinski definition) is 2. The van der Waals surface area contributed by atoms with Crippen molar-refractivity contribution in [2.24, 2.45) is 5.92 Å². The number of likely N-dealkylation sites (N-methyl/N-ethyl adjacent to an activating group) is 1. The van der Waals surface area contributed by atoms with Crippen LogP contribution in [-0.2, 0) is 9.53 Å². The maximum atomic E-state index is 13.3. The first-order valence-electron chi connectivity index (χ1n) is 11.1. The second kappa shape index (κ2) is 7.58. The van der Waals surface area contributed by atoms with Gasteiger partial charge in [-0.15, -0.1) is 0 Å². The fourth-order valence-electron chi connectivity index (χ4n) is 6.38. The average Bonchev–Trinajstić information content (AvgIpc) is 2.83. The van der Waals surface area contributed by atoms with Crippen LogP contribution in [0, 0.1) is 5.92 Å². The van der Waals surface area contributed by atoms with E-state index in [4.69, 9.17) is 4.74 Å². The van der Waals surface area contributed by atoms with Gasteiger partial charge in [-0.05, 0) is 51.0 Å². The molecule has 2 unspecified atom stereocenters. The van der Waals surface area contributed by atoms with Crippen molar-refractivity contribution in [1.82, 2.24) is 0 Å². The van der Waals surface area contributed by atoms with Crippen molar-refractivity contribution in [2.45, 2.75) is 95.4 Å². The van der Waals surface area contributed by atoms with Gasteiger partial charge < -0.3 is 9.22 Å². The molecule has 148 valence electrons. The van der Waals surface area contributed by atoms with Gasteiger partial charge in [0.2, 0.25) is 0 Å². The molecule has 3 fully saturated rings. The lowest BCUT2D eigenvalue weighted by molar-refractivity contribution is -0.968. The van der Waals surface area contributed by atoms with Crippen molar-refractivity contribution in [3.63, 3.8) is 0 Å². The van der Waals surface area contributed by atoms with Crippen LogP contribution in [0.4, 0.5) is 0 Å². The van der Waals surface area contributed by atoms with E-state index in [1.165, 1.54) is 31.2 Å². The van der Waals surface area contributed by atoms with E-state index in [1.807, 2.05) is 0 Å². The molecule has 27 heavy (non-hydrogen) atoms. The average molecular weight is 371 g/mol. The van der Waals surface area contributed by atoms with Crippen molar-refractivity contribution in [1.29, 1.82) is 0 Å². The highest BCUT2D eigenvalue weighted by Crippen LogP contribution is 2.45. The summed E-state index contributed by atoms with van der Waals surface area (Å²) in [5, 5.41) is 0. The Morgan fingerprint density at radius 1 is 1.04 bits per heavy atom. The number of esters is 1. The number of carbonyl (C=O) groups excluding carboxylic acids is 1. The molecule has 1 saturated carbocycles. The maximum Gasteiger partial charge on any atom is 0.310 e. The van der Waals surface area contributed by atoms with E-state index in [0.717, 1.165) is 30.2 Å². The van der Waals surface area contributed by atoms with E-state index in [1.54, 1.807) is 0 Å². The predicted octanol–water partition coefficient (Wildman–Crippen LogP) is 5.05. The molecular formula is C24H36NO2+. The van der Waals surface area contributed by atoms with Gasteiger partial charge in [-0.2, -0.15) is 0 Å². The lowest BCUT2D eigenvalue weighted by Crippen LogP contribution is -2.61. The molecule has 2 saturated heterocycles. The Morgan fingerprint density at radius 3 is 2.48 bits per heavy atom. The number of hydrogen-bond donors (Lipinski definition) is 0. The van der Waals surface area contributed by atoms with E-state index in [-0.39, 0.29) is 18.0 Å². The topological polar surface area (TPSA) is 26.3 Å². The van der Waals surface area contributed by atoms with E-state index in [9.17, 15) is 4.79 Å². The second-order valence-electron chi connectivity index (χ2n) is 9.59. The molecule has 1 aliphatic carbocycles. The van der Waals surface area contributed by atoms with E-state index < -0.39 is 0 Å². The van der Waals surface area contributed by atoms with Crippen molar-refractivity contribution < 1.29 is 14.0 Å². The van der Waals surface area contributed by atoms with E-state index in [0.29, 0.717) is 24.0 Å². The fourth-order valence-corrected chi connectivity index (χ4v) is 6.38. The molecule has 2 heterocycles. The van der Waals surface area contributed by atoms with Crippen LogP contribution in [0.15, 0.2) is 30.3 Å². The van der Waals surface area contributed by atoms with Gasteiger partial charge in [0.05, 0.1) is 25.0 Å². The minimum atomic E-state index is 0.0411. The Bertz CT molecular complexity index is 658. The number of rotatable bonds is 4. The summed E-state index contributed by atoms with van der Waals surface area (Å²) in [6.07, 6.45) is 9.43. The summed E-state index contributed by atoms with van der Waals surface area (Å²) in [4.78, 5) is 13.3. The van der Waals surface area contributed by atoms with Crippen LogP contribution in [0.25, 0.3) is 0 Å². The number of carbonyl (C=O) groups is 1. The summed E-state index contributed by atoms with van der Waals surface area (Å²) in [5.74, 6) is 0.454. The van der Waals surface area contributed by atoms with E-state index in [2.05, 4.69) is 51.2 Å². The highest BCUT2D eigenvalue weighted by molar-refractivity contribution is 5.74. The summed E-state index contributed by atoms with van der Waals surface area (Å²) in [5.41, 5.74) is 1.31. The van der Waals surface area contributed by atoms with Gasteiger partial charge in [0.25, 0.3) is 0 Å². The third-order valence-corrected chi connectivity index (χ3v) is 8.15. The normalized spacial score (nSPS) is 38.7. The molecule has 6 atom stereocenters. The smallest absolute Gasteiger partial charge is 0.310 e. The van der Waals surface area contributed by atoms with Gasteiger partial charge in [-0.3, -0.25) is 4.79 Å². The Kier molecular flexibility index (Phi) is 5.33. The molecule has 1 aromatic carbocycles. The summed E-state index contributed by atoms with van der Waals surface area (Å²) in [6, 6.07) is 12.4. The van der Waals surface area contributed by atoms with Crippen molar-refractivity contribution in [3.05, 3.63) is 35.9 Å². The predicted molar refractivity (Wildman–Crippen MR) is 108 cm³/mol. The third kappa shape index (κ3) is 3.33. The highest BCUT2D eigenvalue weighted by atomic mass is 16.5. The highest BCUT2D eigenvalue weighted by Gasteiger charge is 2.57. The Labute approximate surface area is 164 Å². The van der Waals surface area contributed by atoms with Crippen molar-refractivity contribution in [2.75, 3.05) is 7.05 Å². The molecule has 0 N–H and O–H groups in total. The summed E-state index contributed by atoms with van der Waals surface area (Å²) < 4.78 is 7.41. The molecule has 2 bridgehead atoms. The SMILES string of the molecule is CC(C)[N@@+]1(C)[C@H]2CCC[C@@H]1[C@H](OC(=O)C1CCCCC1c1ccccc1)C2. The minimum absolute atomic E-state index is 0.0411. The van der Waals surface area contributed by atoms with E-state index >= 15 is 0 Å². The van der Waals surface area contributed by atoms with Gasteiger partial charge in [0.1, 0.15) is 6.04 Å². The quantitative estimate of drug-likeness (QED) is 0.547. The van der Waals surface area contributed by atoms with Gasteiger partial charge in [-0.25, -0.2) is 0 Å². The van der Waals surface area contributed by atoms with Crippen LogP contribution in [0.3, 0.4) is 0 Å². The molecular weight excluding hydrogens is 334 g/mol. The minimum Gasteiger partial charge on any atom is -0.456 e. The summed E-state index contributed by atoms with van der Waals surface area (Å²) in [7, 11) is 2.40. The summed E-state index contributed by atoms with van der Waals surface area (Å²) in [6.45, 7) is 4.67. The lowest BCUT2D eigenvalue weighted by Gasteiger charge is -2.48. The first-order chi connectivity index (χ1) is 13.0. The molecule has 4 rings (SSSR count). The number of quaternary nitrogens is 1. The monoisotopic (exact) mass is 370 g/mol. The number of nitrogens with zero attached hydrogens (tertiary/aromatic N) is 1. The molecule has 0 amide bonds. The largest absolute Gasteiger partial charge is 0.456 e. The van der Waals surface area contributed by atoms with Crippen LogP contribution >= 0.6 is 0 Å². The molecule has 0 spiro atoms. The third-order valence-electron chi connectivity index (χ3n) is 8.15. The standard InChI is InChI=1S/C24H36NO2/c1-17(2)25(3)19-12-9-15-22(25)23(16-19)27-24(26)21-14-8-7-13-20(21)18-10-5-4-6-11-18/h4-6,10-11,17,19-23H,7-9,12-16H2,1-3H3/q+1/t19-,20?,21?,22+,23+,25-/m0/s1.